The molecule has 0 radical (unpaired) electrons. The Hall–Kier alpha value is -2.86. The molecule has 0 unspecified atom stereocenters. The van der Waals surface area contributed by atoms with E-state index >= 15 is 0 Å². The third-order valence-corrected chi connectivity index (χ3v) is 5.43. The Bertz CT molecular complexity index is 928. The first kappa shape index (κ1) is 17.5. The predicted octanol–water partition coefficient (Wildman–Crippen LogP) is 4.27. The summed E-state index contributed by atoms with van der Waals surface area (Å²) >= 11 is 1.62. The average molecular weight is 379 g/mol. The molecule has 6 heteroatoms. The number of nitrogens with one attached hydrogen (secondary N) is 1. The van der Waals surface area contributed by atoms with Crippen LogP contribution in [0, 0.1) is 0 Å². The fourth-order valence-corrected chi connectivity index (χ4v) is 3.83. The first-order valence-corrected chi connectivity index (χ1v) is 9.90. The van der Waals surface area contributed by atoms with Crippen LogP contribution in [0.15, 0.2) is 69.6 Å². The van der Waals surface area contributed by atoms with Crippen molar-refractivity contribution in [3.63, 3.8) is 0 Å². The Morgan fingerprint density at radius 1 is 1.26 bits per heavy atom. The zero-order valence-electron chi connectivity index (χ0n) is 15.3. The maximum absolute atomic E-state index is 5.58. The van der Waals surface area contributed by atoms with E-state index in [4.69, 9.17) is 4.42 Å². The minimum atomic E-state index is 0.591. The van der Waals surface area contributed by atoms with Gasteiger partial charge in [0.15, 0.2) is 5.96 Å². The summed E-state index contributed by atoms with van der Waals surface area (Å²) in [5.74, 6) is 1.56. The van der Waals surface area contributed by atoms with Crippen LogP contribution in [-0.2, 0) is 6.54 Å². The number of hydrogen-bond donors (Lipinski definition) is 1. The molecule has 27 heavy (non-hydrogen) atoms. The van der Waals surface area contributed by atoms with Crippen LogP contribution in [0.2, 0.25) is 0 Å². The lowest BCUT2D eigenvalue weighted by Gasteiger charge is -2.29. The van der Waals surface area contributed by atoms with E-state index in [0.29, 0.717) is 12.4 Å². The maximum atomic E-state index is 5.58. The van der Waals surface area contributed by atoms with Gasteiger partial charge in [-0.2, -0.15) is 0 Å². The fraction of sp³-hybridized carbons (Fsp3) is 0.238. The summed E-state index contributed by atoms with van der Waals surface area (Å²) in [6.45, 7) is 2.39. The molecule has 0 aliphatic carbocycles. The zero-order chi connectivity index (χ0) is 18.5. The number of guanidine groups is 1. The first-order valence-electron chi connectivity index (χ1n) is 9.02. The second kappa shape index (κ2) is 8.22. The second-order valence-electron chi connectivity index (χ2n) is 6.31. The smallest absolute Gasteiger partial charge is 0.236 e. The number of thiophene rings is 1. The van der Waals surface area contributed by atoms with Gasteiger partial charge in [0.1, 0.15) is 6.26 Å². The highest BCUT2D eigenvalue weighted by atomic mass is 32.1. The molecule has 0 saturated heterocycles. The summed E-state index contributed by atoms with van der Waals surface area (Å²) in [4.78, 5) is 12.3. The van der Waals surface area contributed by atoms with Crippen LogP contribution < -0.4 is 5.32 Å². The van der Waals surface area contributed by atoms with Gasteiger partial charge in [0, 0.05) is 20.1 Å². The van der Waals surface area contributed by atoms with Crippen molar-refractivity contribution in [2.75, 3.05) is 20.1 Å². The molecule has 0 amide bonds. The van der Waals surface area contributed by atoms with Gasteiger partial charge < -0.3 is 14.6 Å². The molecule has 5 nitrogen and oxygen atoms in total. The van der Waals surface area contributed by atoms with Gasteiger partial charge in [-0.1, -0.05) is 42.5 Å². The van der Waals surface area contributed by atoms with Crippen LogP contribution in [0.5, 0.6) is 0 Å². The molecule has 3 heterocycles. The van der Waals surface area contributed by atoms with Gasteiger partial charge in [0.2, 0.25) is 5.89 Å². The van der Waals surface area contributed by atoms with Crippen molar-refractivity contribution < 1.29 is 4.42 Å². The van der Waals surface area contributed by atoms with Gasteiger partial charge in [0.25, 0.3) is 0 Å². The second-order valence-corrected chi connectivity index (χ2v) is 7.26. The van der Waals surface area contributed by atoms with E-state index in [-0.39, 0.29) is 0 Å². The number of oxazole rings is 1. The molecule has 0 spiro atoms. The van der Waals surface area contributed by atoms with Gasteiger partial charge in [-0.3, -0.25) is 4.99 Å². The van der Waals surface area contributed by atoms with E-state index in [0.717, 1.165) is 36.0 Å². The van der Waals surface area contributed by atoms with Crippen LogP contribution in [0.3, 0.4) is 0 Å². The third kappa shape index (κ3) is 4.11. The van der Waals surface area contributed by atoms with Crippen LogP contribution >= 0.6 is 11.3 Å². The van der Waals surface area contributed by atoms with Gasteiger partial charge in [0.05, 0.1) is 17.1 Å². The van der Waals surface area contributed by atoms with Crippen molar-refractivity contribution in [2.24, 2.45) is 4.99 Å². The minimum Gasteiger partial charge on any atom is -0.443 e. The number of aromatic nitrogens is 1. The van der Waals surface area contributed by atoms with Crippen molar-refractivity contribution in [3.8, 4) is 10.8 Å². The summed E-state index contributed by atoms with van der Waals surface area (Å²) in [5, 5.41) is 5.42. The SMILES string of the molecule is CN=C(NCc1coc(-c2cccs2)n1)N1CC=C(c2ccccc2)CC1. The number of rotatable bonds is 4. The Morgan fingerprint density at radius 3 is 2.85 bits per heavy atom. The summed E-state index contributed by atoms with van der Waals surface area (Å²) in [6, 6.07) is 14.6. The Morgan fingerprint density at radius 2 is 2.15 bits per heavy atom. The summed E-state index contributed by atoms with van der Waals surface area (Å²) in [7, 11) is 1.82. The molecule has 1 aliphatic heterocycles. The van der Waals surface area contributed by atoms with Gasteiger partial charge >= 0.3 is 0 Å². The molecule has 4 rings (SSSR count). The molecule has 0 fully saturated rings. The van der Waals surface area contributed by atoms with Crippen molar-refractivity contribution in [1.29, 1.82) is 0 Å². The Labute approximate surface area is 163 Å². The van der Waals surface area contributed by atoms with Crippen molar-refractivity contribution in [1.82, 2.24) is 15.2 Å². The monoisotopic (exact) mass is 378 g/mol. The zero-order valence-corrected chi connectivity index (χ0v) is 16.1. The molecule has 0 bridgehead atoms. The lowest BCUT2D eigenvalue weighted by molar-refractivity contribution is 0.439. The summed E-state index contributed by atoms with van der Waals surface area (Å²) < 4.78 is 5.58. The number of benzene rings is 1. The molecule has 3 aromatic rings. The quantitative estimate of drug-likeness (QED) is 0.544. The Balaban J connectivity index is 1.36. The predicted molar refractivity (Wildman–Crippen MR) is 111 cm³/mol. The normalized spacial score (nSPS) is 14.9. The molecule has 138 valence electrons. The third-order valence-electron chi connectivity index (χ3n) is 4.58. The van der Waals surface area contributed by atoms with E-state index in [1.165, 1.54) is 11.1 Å². The van der Waals surface area contributed by atoms with Crippen LogP contribution in [0.25, 0.3) is 16.3 Å². The largest absolute Gasteiger partial charge is 0.443 e. The van der Waals surface area contributed by atoms with Gasteiger partial charge in [-0.25, -0.2) is 4.98 Å². The standard InChI is InChI=1S/C21H22N4OS/c1-22-21(23-14-18-15-26-20(24-18)19-8-5-13-27-19)25-11-9-17(10-12-25)16-6-3-2-4-7-16/h2-9,13,15H,10-12,14H2,1H3,(H,22,23). The highest BCUT2D eigenvalue weighted by Gasteiger charge is 2.16. The van der Waals surface area contributed by atoms with E-state index in [1.54, 1.807) is 17.6 Å². The molecule has 0 atom stereocenters. The number of nitrogens with zero attached hydrogens (tertiary/aromatic N) is 3. The molecule has 1 aromatic carbocycles. The van der Waals surface area contributed by atoms with E-state index in [1.807, 2.05) is 24.6 Å². The Kier molecular flexibility index (Phi) is 5.34. The van der Waals surface area contributed by atoms with Crippen LogP contribution in [0.4, 0.5) is 0 Å². The van der Waals surface area contributed by atoms with Gasteiger partial charge in [-0.15, -0.1) is 11.3 Å². The topological polar surface area (TPSA) is 53.7 Å². The maximum Gasteiger partial charge on any atom is 0.236 e. The molecule has 2 aromatic heterocycles. The van der Waals surface area contributed by atoms with Crippen LogP contribution in [0.1, 0.15) is 17.7 Å². The van der Waals surface area contributed by atoms with Crippen LogP contribution in [-0.4, -0.2) is 36.0 Å². The highest BCUT2D eigenvalue weighted by Crippen LogP contribution is 2.24. The molecular formula is C21H22N4OS. The van der Waals surface area contributed by atoms with Crippen molar-refractivity contribution in [3.05, 3.63) is 71.4 Å². The minimum absolute atomic E-state index is 0.591. The summed E-state index contributed by atoms with van der Waals surface area (Å²) in [6.07, 6.45) is 5.01. The molecule has 1 N–H and O–H groups in total. The number of aliphatic imine (C=N–C) groups is 1. The average Bonchev–Trinajstić information content (AvgIpc) is 3.41. The molecular weight excluding hydrogens is 356 g/mol. The van der Waals surface area contributed by atoms with Gasteiger partial charge in [-0.05, 0) is 29.0 Å². The highest BCUT2D eigenvalue weighted by molar-refractivity contribution is 7.13. The van der Waals surface area contributed by atoms with Crippen molar-refractivity contribution >= 4 is 22.9 Å². The molecule has 1 aliphatic rings. The summed E-state index contributed by atoms with van der Waals surface area (Å²) in [5.41, 5.74) is 3.58. The van der Waals surface area contributed by atoms with Crippen molar-refractivity contribution in [2.45, 2.75) is 13.0 Å². The van der Waals surface area contributed by atoms with E-state index < -0.39 is 0 Å². The fourth-order valence-electron chi connectivity index (χ4n) is 3.18. The lowest BCUT2D eigenvalue weighted by atomic mass is 10.00. The lowest BCUT2D eigenvalue weighted by Crippen LogP contribution is -2.43. The first-order chi connectivity index (χ1) is 13.3. The number of hydrogen-bond acceptors (Lipinski definition) is 4. The van der Waals surface area contributed by atoms with E-state index in [2.05, 4.69) is 56.6 Å². The van der Waals surface area contributed by atoms with E-state index in [9.17, 15) is 0 Å². The molecule has 0 saturated carbocycles.